The van der Waals surface area contributed by atoms with Crippen LogP contribution in [0.2, 0.25) is 0 Å². The van der Waals surface area contributed by atoms with Crippen LogP contribution >= 0.6 is 27.5 Å². The van der Waals surface area contributed by atoms with Gasteiger partial charge in [-0.2, -0.15) is 0 Å². The minimum Gasteiger partial charge on any atom is -0.490 e. The van der Waals surface area contributed by atoms with E-state index in [0.29, 0.717) is 12.2 Å². The highest BCUT2D eigenvalue weighted by molar-refractivity contribution is 9.10. The molecule has 2 aromatic carbocycles. The predicted octanol–water partition coefficient (Wildman–Crippen LogP) is 4.78. The molecule has 0 radical (unpaired) electrons. The Labute approximate surface area is 130 Å². The zero-order valence-electron chi connectivity index (χ0n) is 10.6. The van der Waals surface area contributed by atoms with Crippen molar-refractivity contribution in [2.24, 2.45) is 0 Å². The summed E-state index contributed by atoms with van der Waals surface area (Å²) in [4.78, 5) is 0. The molecule has 5 heteroatoms. The average molecular weight is 360 g/mol. The van der Waals surface area contributed by atoms with Crippen LogP contribution in [0, 0.1) is 5.82 Å². The summed E-state index contributed by atoms with van der Waals surface area (Å²) >= 11 is 9.09. The van der Waals surface area contributed by atoms with Gasteiger partial charge in [-0.3, -0.25) is 0 Å². The predicted molar refractivity (Wildman–Crippen MR) is 81.1 cm³/mol. The Hall–Kier alpha value is -1.26. The first-order chi connectivity index (χ1) is 9.70. The molecule has 0 aliphatic rings. The molecule has 0 N–H and O–H groups in total. The lowest BCUT2D eigenvalue weighted by atomic mass is 10.2. The number of ether oxygens (including phenoxy) is 2. The summed E-state index contributed by atoms with van der Waals surface area (Å²) in [5.74, 6) is 0.734. The van der Waals surface area contributed by atoms with Gasteiger partial charge in [0.2, 0.25) is 0 Å². The number of para-hydroxylation sites is 1. The van der Waals surface area contributed by atoms with Crippen LogP contribution in [0.4, 0.5) is 4.39 Å². The fourth-order valence-corrected chi connectivity index (χ4v) is 2.13. The lowest BCUT2D eigenvalue weighted by Crippen LogP contribution is -2.10. The Bertz CT molecular complexity index is 560. The second-order valence-electron chi connectivity index (χ2n) is 4.01. The maximum Gasteiger partial charge on any atom is 0.165 e. The number of alkyl halides is 1. The topological polar surface area (TPSA) is 18.5 Å². The quantitative estimate of drug-likeness (QED) is 0.545. The Morgan fingerprint density at radius 3 is 2.40 bits per heavy atom. The van der Waals surface area contributed by atoms with E-state index in [1.165, 1.54) is 6.07 Å². The highest BCUT2D eigenvalue weighted by atomic mass is 79.9. The second kappa shape index (κ2) is 7.50. The van der Waals surface area contributed by atoms with Gasteiger partial charge in [0.1, 0.15) is 19.0 Å². The molecule has 0 fully saturated rings. The lowest BCUT2D eigenvalue weighted by Gasteiger charge is -2.11. The Morgan fingerprint density at radius 1 is 1.00 bits per heavy atom. The molecular formula is C15H13BrClFO2. The maximum absolute atomic E-state index is 13.6. The molecule has 20 heavy (non-hydrogen) atoms. The van der Waals surface area contributed by atoms with Crippen molar-refractivity contribution in [3.63, 3.8) is 0 Å². The van der Waals surface area contributed by atoms with Crippen LogP contribution in [0.25, 0.3) is 0 Å². The van der Waals surface area contributed by atoms with E-state index in [1.54, 1.807) is 12.1 Å². The van der Waals surface area contributed by atoms with E-state index in [0.717, 1.165) is 10.2 Å². The van der Waals surface area contributed by atoms with Crippen molar-refractivity contribution in [3.8, 4) is 11.5 Å². The molecule has 0 amide bonds. The molecule has 0 spiro atoms. The van der Waals surface area contributed by atoms with Gasteiger partial charge in [-0.1, -0.05) is 28.1 Å². The molecular weight excluding hydrogens is 347 g/mol. The van der Waals surface area contributed by atoms with Crippen molar-refractivity contribution < 1.29 is 13.9 Å². The summed E-state index contributed by atoms with van der Waals surface area (Å²) in [6, 6.07) is 12.2. The van der Waals surface area contributed by atoms with E-state index in [9.17, 15) is 4.39 Å². The number of benzene rings is 2. The standard InChI is InChI=1S/C15H13BrClFO2/c16-12-4-6-13(7-5-12)19-8-9-20-15-11(10-17)2-1-3-14(15)18/h1-7H,8-10H2. The molecule has 0 heterocycles. The van der Waals surface area contributed by atoms with Gasteiger partial charge in [0, 0.05) is 10.0 Å². The van der Waals surface area contributed by atoms with Crippen molar-refractivity contribution in [2.75, 3.05) is 13.2 Å². The summed E-state index contributed by atoms with van der Waals surface area (Å²) in [6.45, 7) is 0.582. The van der Waals surface area contributed by atoms with Gasteiger partial charge in [-0.15, -0.1) is 11.6 Å². The maximum atomic E-state index is 13.6. The summed E-state index contributed by atoms with van der Waals surface area (Å²) in [6.07, 6.45) is 0. The van der Waals surface area contributed by atoms with Gasteiger partial charge in [-0.25, -0.2) is 4.39 Å². The first-order valence-corrected chi connectivity index (χ1v) is 7.38. The Kier molecular flexibility index (Phi) is 5.68. The minimum absolute atomic E-state index is 0.196. The highest BCUT2D eigenvalue weighted by Gasteiger charge is 2.08. The van der Waals surface area contributed by atoms with E-state index in [2.05, 4.69) is 15.9 Å². The van der Waals surface area contributed by atoms with Crippen molar-refractivity contribution in [2.45, 2.75) is 5.88 Å². The van der Waals surface area contributed by atoms with Crippen LogP contribution in [0.1, 0.15) is 5.56 Å². The lowest BCUT2D eigenvalue weighted by molar-refractivity contribution is 0.210. The molecule has 2 aromatic rings. The third-order valence-corrected chi connectivity index (χ3v) is 3.42. The fraction of sp³-hybridized carbons (Fsp3) is 0.200. The van der Waals surface area contributed by atoms with Crippen molar-refractivity contribution in [3.05, 3.63) is 58.3 Å². The normalized spacial score (nSPS) is 10.3. The summed E-state index contributed by atoms with van der Waals surface area (Å²) < 4.78 is 25.5. The number of rotatable bonds is 6. The SMILES string of the molecule is Fc1cccc(CCl)c1OCCOc1ccc(Br)cc1. The van der Waals surface area contributed by atoms with E-state index < -0.39 is 5.82 Å². The second-order valence-corrected chi connectivity index (χ2v) is 5.20. The fourth-order valence-electron chi connectivity index (χ4n) is 1.65. The number of hydrogen-bond donors (Lipinski definition) is 0. The summed E-state index contributed by atoms with van der Waals surface area (Å²) in [7, 11) is 0. The van der Waals surface area contributed by atoms with Crippen molar-refractivity contribution in [1.82, 2.24) is 0 Å². The van der Waals surface area contributed by atoms with E-state index in [1.807, 2.05) is 24.3 Å². The number of halogens is 3. The zero-order valence-corrected chi connectivity index (χ0v) is 13.0. The largest absolute Gasteiger partial charge is 0.490 e. The molecule has 0 bridgehead atoms. The smallest absolute Gasteiger partial charge is 0.165 e. The van der Waals surface area contributed by atoms with Gasteiger partial charge in [0.05, 0.1) is 5.88 Å². The first kappa shape index (κ1) is 15.1. The van der Waals surface area contributed by atoms with Gasteiger partial charge in [0.25, 0.3) is 0 Å². The van der Waals surface area contributed by atoms with Crippen LogP contribution in [-0.4, -0.2) is 13.2 Å². The molecule has 0 saturated heterocycles. The molecule has 0 saturated carbocycles. The molecule has 0 aliphatic carbocycles. The van der Waals surface area contributed by atoms with E-state index in [4.69, 9.17) is 21.1 Å². The summed E-state index contributed by atoms with van der Waals surface area (Å²) in [5.41, 5.74) is 0.635. The monoisotopic (exact) mass is 358 g/mol. The molecule has 2 nitrogen and oxygen atoms in total. The van der Waals surface area contributed by atoms with E-state index in [-0.39, 0.29) is 18.2 Å². The van der Waals surface area contributed by atoms with Crippen molar-refractivity contribution in [1.29, 1.82) is 0 Å². The number of hydrogen-bond acceptors (Lipinski definition) is 2. The van der Waals surface area contributed by atoms with Crippen LogP contribution in [0.15, 0.2) is 46.9 Å². The average Bonchev–Trinajstić information content (AvgIpc) is 2.46. The molecule has 0 aliphatic heterocycles. The molecule has 0 aromatic heterocycles. The Morgan fingerprint density at radius 2 is 1.70 bits per heavy atom. The van der Waals surface area contributed by atoms with Crippen molar-refractivity contribution >= 4 is 27.5 Å². The van der Waals surface area contributed by atoms with Gasteiger partial charge in [0.15, 0.2) is 11.6 Å². The van der Waals surface area contributed by atoms with Crippen LogP contribution in [0.5, 0.6) is 11.5 Å². The minimum atomic E-state index is -0.410. The molecule has 0 atom stereocenters. The van der Waals surface area contributed by atoms with Crippen LogP contribution < -0.4 is 9.47 Å². The molecule has 0 unspecified atom stereocenters. The van der Waals surface area contributed by atoms with Gasteiger partial charge < -0.3 is 9.47 Å². The van der Waals surface area contributed by atoms with Crippen LogP contribution in [0.3, 0.4) is 0 Å². The van der Waals surface area contributed by atoms with Crippen LogP contribution in [-0.2, 0) is 5.88 Å². The Balaban J connectivity index is 1.86. The summed E-state index contributed by atoms with van der Waals surface area (Å²) in [5, 5.41) is 0. The van der Waals surface area contributed by atoms with E-state index >= 15 is 0 Å². The molecule has 106 valence electrons. The highest BCUT2D eigenvalue weighted by Crippen LogP contribution is 2.24. The van der Waals surface area contributed by atoms with Gasteiger partial charge in [-0.05, 0) is 30.3 Å². The zero-order chi connectivity index (χ0) is 14.4. The molecule has 2 rings (SSSR count). The third kappa shape index (κ3) is 4.12. The van der Waals surface area contributed by atoms with Gasteiger partial charge >= 0.3 is 0 Å². The first-order valence-electron chi connectivity index (χ1n) is 6.05. The third-order valence-electron chi connectivity index (χ3n) is 2.60.